The van der Waals surface area contributed by atoms with E-state index in [2.05, 4.69) is 20.1 Å². The second kappa shape index (κ2) is 7.93. The number of rotatable bonds is 6. The summed E-state index contributed by atoms with van der Waals surface area (Å²) in [6, 6.07) is 2.49. The minimum absolute atomic E-state index is 0.151. The number of nitrogens with one attached hydrogen (secondary N) is 1. The summed E-state index contributed by atoms with van der Waals surface area (Å²) in [4.78, 5) is 3.67. The van der Waals surface area contributed by atoms with Gasteiger partial charge < -0.3 is 15.8 Å². The quantitative estimate of drug-likeness (QED) is 0.642. The highest BCUT2D eigenvalue weighted by Crippen LogP contribution is 2.45. The Hall–Kier alpha value is -2.56. The number of amidine groups is 1. The van der Waals surface area contributed by atoms with Gasteiger partial charge in [-0.2, -0.15) is 13.9 Å². The van der Waals surface area contributed by atoms with Gasteiger partial charge in [0.2, 0.25) is 0 Å². The van der Waals surface area contributed by atoms with Crippen LogP contribution in [0.15, 0.2) is 29.4 Å². The van der Waals surface area contributed by atoms with Crippen molar-refractivity contribution in [2.75, 3.05) is 11.9 Å². The van der Waals surface area contributed by atoms with Crippen LogP contribution in [0.4, 0.5) is 27.6 Å². The van der Waals surface area contributed by atoms with E-state index in [1.165, 1.54) is 18.3 Å². The van der Waals surface area contributed by atoms with E-state index in [1.807, 2.05) is 0 Å². The standard InChI is InChI=1S/C18H19ClF5N5O/c1-9(15-12(19)6-29(28-15)7-14(21)22)26-10-3-4-13(20)11(5-10)17(2)18(23,24)8-30-16(25)27-17/h3-6,9,14,26H,7-8H2,1-2H3,(H2,25,27)/t9-,17+/m0/s1. The first-order valence-corrected chi connectivity index (χ1v) is 9.24. The number of anilines is 1. The van der Waals surface area contributed by atoms with Gasteiger partial charge in [-0.25, -0.2) is 18.2 Å². The molecule has 0 spiro atoms. The van der Waals surface area contributed by atoms with Crippen LogP contribution in [0.25, 0.3) is 0 Å². The number of ether oxygens (including phenoxy) is 1. The Bertz CT molecular complexity index is 966. The first-order valence-electron chi connectivity index (χ1n) is 8.86. The number of hydrogen-bond donors (Lipinski definition) is 2. The molecule has 0 fully saturated rings. The number of halogens is 6. The van der Waals surface area contributed by atoms with Crippen LogP contribution in [0, 0.1) is 5.82 Å². The van der Waals surface area contributed by atoms with Crippen LogP contribution in [0.5, 0.6) is 0 Å². The molecule has 0 bridgehead atoms. The minimum atomic E-state index is -3.52. The van der Waals surface area contributed by atoms with Gasteiger partial charge in [0.05, 0.1) is 11.1 Å². The zero-order valence-corrected chi connectivity index (χ0v) is 16.7. The maximum absolute atomic E-state index is 14.5. The van der Waals surface area contributed by atoms with Gasteiger partial charge in [0.1, 0.15) is 18.1 Å². The molecular formula is C18H19ClF5N5O. The lowest BCUT2D eigenvalue weighted by Crippen LogP contribution is -2.51. The fourth-order valence-electron chi connectivity index (χ4n) is 3.14. The molecule has 0 unspecified atom stereocenters. The molecule has 0 radical (unpaired) electrons. The molecule has 1 aliphatic rings. The topological polar surface area (TPSA) is 77.5 Å². The van der Waals surface area contributed by atoms with E-state index < -0.39 is 48.9 Å². The molecule has 0 amide bonds. The number of aliphatic imine (C=N–C) groups is 1. The maximum Gasteiger partial charge on any atom is 0.310 e. The van der Waals surface area contributed by atoms with Crippen molar-refractivity contribution in [3.63, 3.8) is 0 Å². The van der Waals surface area contributed by atoms with Crippen LogP contribution < -0.4 is 11.1 Å². The van der Waals surface area contributed by atoms with Gasteiger partial charge in [-0.3, -0.25) is 4.68 Å². The molecule has 3 rings (SSSR count). The van der Waals surface area contributed by atoms with Gasteiger partial charge in [0.15, 0.2) is 12.1 Å². The Morgan fingerprint density at radius 1 is 1.37 bits per heavy atom. The van der Waals surface area contributed by atoms with Crippen molar-refractivity contribution in [2.45, 2.75) is 44.3 Å². The Kier molecular flexibility index (Phi) is 5.85. The number of nitrogens with two attached hydrogens (primary N) is 1. The lowest BCUT2D eigenvalue weighted by Gasteiger charge is -2.37. The molecule has 1 aromatic carbocycles. The zero-order chi connectivity index (χ0) is 22.3. The predicted molar refractivity (Wildman–Crippen MR) is 102 cm³/mol. The smallest absolute Gasteiger partial charge is 0.310 e. The van der Waals surface area contributed by atoms with Crippen molar-refractivity contribution >= 4 is 23.3 Å². The summed E-state index contributed by atoms with van der Waals surface area (Å²) in [5.41, 5.74) is 3.32. The highest BCUT2D eigenvalue weighted by molar-refractivity contribution is 6.31. The maximum atomic E-state index is 14.5. The van der Waals surface area contributed by atoms with E-state index in [4.69, 9.17) is 17.3 Å². The summed E-state index contributed by atoms with van der Waals surface area (Å²) in [5.74, 6) is -4.41. The molecule has 0 saturated carbocycles. The van der Waals surface area contributed by atoms with Gasteiger partial charge in [0.25, 0.3) is 12.4 Å². The highest BCUT2D eigenvalue weighted by Gasteiger charge is 2.56. The average Bonchev–Trinajstić information content (AvgIpc) is 3.00. The van der Waals surface area contributed by atoms with Crippen molar-refractivity contribution in [1.29, 1.82) is 0 Å². The molecule has 30 heavy (non-hydrogen) atoms. The second-order valence-electron chi connectivity index (χ2n) is 7.05. The summed E-state index contributed by atoms with van der Waals surface area (Å²) in [7, 11) is 0. The van der Waals surface area contributed by atoms with Crippen LogP contribution in [0.2, 0.25) is 5.02 Å². The van der Waals surface area contributed by atoms with Crippen molar-refractivity contribution in [2.24, 2.45) is 10.7 Å². The molecular weight excluding hydrogens is 433 g/mol. The molecule has 6 nitrogen and oxygen atoms in total. The largest absolute Gasteiger partial charge is 0.459 e. The predicted octanol–water partition coefficient (Wildman–Crippen LogP) is 4.31. The van der Waals surface area contributed by atoms with E-state index in [0.29, 0.717) is 0 Å². The number of alkyl halides is 4. The first-order chi connectivity index (χ1) is 13.9. The second-order valence-corrected chi connectivity index (χ2v) is 7.46. The van der Waals surface area contributed by atoms with Gasteiger partial charge in [-0.1, -0.05) is 11.6 Å². The summed E-state index contributed by atoms with van der Waals surface area (Å²) in [6.45, 7) is 1.05. The molecule has 2 heterocycles. The van der Waals surface area contributed by atoms with Gasteiger partial charge in [-0.15, -0.1) is 0 Å². The van der Waals surface area contributed by atoms with E-state index >= 15 is 0 Å². The lowest BCUT2D eigenvalue weighted by molar-refractivity contribution is -0.117. The lowest BCUT2D eigenvalue weighted by atomic mass is 9.85. The van der Waals surface area contributed by atoms with E-state index in [9.17, 15) is 22.0 Å². The molecule has 1 aliphatic heterocycles. The third kappa shape index (κ3) is 4.16. The Labute approximate surface area is 173 Å². The van der Waals surface area contributed by atoms with E-state index in [1.54, 1.807) is 6.92 Å². The summed E-state index contributed by atoms with van der Waals surface area (Å²) < 4.78 is 74.3. The molecule has 2 aromatic rings. The van der Waals surface area contributed by atoms with E-state index in [0.717, 1.165) is 17.7 Å². The van der Waals surface area contributed by atoms with Crippen LogP contribution >= 0.6 is 11.6 Å². The number of aromatic nitrogens is 2. The van der Waals surface area contributed by atoms with Crippen molar-refractivity contribution in [3.8, 4) is 0 Å². The molecule has 12 heteroatoms. The third-order valence-corrected chi connectivity index (χ3v) is 5.09. The van der Waals surface area contributed by atoms with Crippen LogP contribution in [-0.4, -0.2) is 34.8 Å². The first kappa shape index (κ1) is 22.1. The average molecular weight is 452 g/mol. The summed E-state index contributed by atoms with van der Waals surface area (Å²) in [6.07, 6.45) is -1.34. The van der Waals surface area contributed by atoms with Gasteiger partial charge in [0, 0.05) is 17.4 Å². The van der Waals surface area contributed by atoms with Crippen LogP contribution in [-0.2, 0) is 16.8 Å². The zero-order valence-electron chi connectivity index (χ0n) is 16.0. The Balaban J connectivity index is 1.91. The SMILES string of the molecule is C[C@H](Nc1ccc(F)c([C@@]2(C)N=C(N)OCC2(F)F)c1)c1nn(CC(F)F)cc1Cl. The van der Waals surface area contributed by atoms with E-state index in [-0.39, 0.29) is 22.0 Å². The van der Waals surface area contributed by atoms with Crippen molar-refractivity contribution in [3.05, 3.63) is 46.5 Å². The molecule has 164 valence electrons. The van der Waals surface area contributed by atoms with Crippen molar-refractivity contribution < 1.29 is 26.7 Å². The number of nitrogens with zero attached hydrogens (tertiary/aromatic N) is 3. The molecule has 2 atom stereocenters. The Morgan fingerprint density at radius 3 is 2.73 bits per heavy atom. The third-order valence-electron chi connectivity index (χ3n) is 4.80. The summed E-state index contributed by atoms with van der Waals surface area (Å²) in [5, 5.41) is 7.12. The number of benzene rings is 1. The van der Waals surface area contributed by atoms with Gasteiger partial charge in [-0.05, 0) is 32.0 Å². The van der Waals surface area contributed by atoms with Crippen LogP contribution in [0.3, 0.4) is 0 Å². The fraction of sp³-hybridized carbons (Fsp3) is 0.444. The Morgan fingerprint density at radius 2 is 2.07 bits per heavy atom. The minimum Gasteiger partial charge on any atom is -0.459 e. The molecule has 1 aromatic heterocycles. The normalized spacial score (nSPS) is 21.8. The monoisotopic (exact) mass is 451 g/mol. The van der Waals surface area contributed by atoms with Crippen LogP contribution in [0.1, 0.15) is 31.1 Å². The molecule has 0 saturated heterocycles. The van der Waals surface area contributed by atoms with Gasteiger partial charge >= 0.3 is 5.92 Å². The van der Waals surface area contributed by atoms with Crippen molar-refractivity contribution in [1.82, 2.24) is 9.78 Å². The highest BCUT2D eigenvalue weighted by atomic mass is 35.5. The number of hydrogen-bond acceptors (Lipinski definition) is 5. The molecule has 3 N–H and O–H groups in total. The summed E-state index contributed by atoms with van der Waals surface area (Å²) >= 11 is 6.07. The fourth-order valence-corrected chi connectivity index (χ4v) is 3.46. The molecule has 0 aliphatic carbocycles.